The lowest BCUT2D eigenvalue weighted by atomic mass is 9.78. The standard InChI is InChI=1S/C24H20F6N8O/c1-3-38-20-13(10-32-38)16(33-14(34-20)8-9-23(26,27)24(28,29)30)19-35-17(31)15-18(36-19)37-21(39)22(15,2)11-4-6-12(25)7-5-11/h4-7,10H,3,8-9H2,1-2H3,(H3,31,35,36,37,39). The quantitative estimate of drug-likeness (QED) is 0.341. The second-order valence-corrected chi connectivity index (χ2v) is 9.13. The number of carbonyl (C=O) groups is 1. The molecular formula is C24H20F6N8O. The lowest BCUT2D eigenvalue weighted by Crippen LogP contribution is -2.36. The van der Waals surface area contributed by atoms with Gasteiger partial charge in [-0.2, -0.15) is 27.1 Å². The van der Waals surface area contributed by atoms with Crippen molar-refractivity contribution in [2.75, 3.05) is 11.1 Å². The van der Waals surface area contributed by atoms with Crippen molar-refractivity contribution in [1.29, 1.82) is 0 Å². The number of hydrogen-bond acceptors (Lipinski definition) is 7. The van der Waals surface area contributed by atoms with E-state index in [0.29, 0.717) is 17.5 Å². The average Bonchev–Trinajstić information content (AvgIpc) is 3.40. The number of nitrogens with zero attached hydrogens (tertiary/aromatic N) is 6. The number of halogens is 6. The number of hydrogen-bond donors (Lipinski definition) is 2. The van der Waals surface area contributed by atoms with Crippen LogP contribution in [-0.4, -0.2) is 47.7 Å². The Morgan fingerprint density at radius 3 is 2.38 bits per heavy atom. The predicted molar refractivity (Wildman–Crippen MR) is 127 cm³/mol. The van der Waals surface area contributed by atoms with E-state index in [-0.39, 0.29) is 40.2 Å². The molecule has 9 nitrogen and oxygen atoms in total. The largest absolute Gasteiger partial charge is 0.453 e. The number of rotatable bonds is 6. The molecule has 3 aromatic heterocycles. The molecule has 0 spiro atoms. The number of aromatic nitrogens is 6. The number of carbonyl (C=O) groups excluding carboxylic acids is 1. The van der Waals surface area contributed by atoms with E-state index in [1.807, 2.05) is 0 Å². The van der Waals surface area contributed by atoms with E-state index in [0.717, 1.165) is 0 Å². The summed E-state index contributed by atoms with van der Waals surface area (Å²) in [7, 11) is 0. The molecule has 1 atom stereocenters. The SMILES string of the molecule is CCn1ncc2c(-c3nc(N)c4c(n3)NC(=O)C4(C)c3ccc(F)cc3)nc(CCC(F)(F)C(F)(F)F)nc21. The first-order valence-electron chi connectivity index (χ1n) is 11.7. The first kappa shape index (κ1) is 26.3. The van der Waals surface area contributed by atoms with E-state index < -0.39 is 42.1 Å². The first-order valence-corrected chi connectivity index (χ1v) is 11.7. The van der Waals surface area contributed by atoms with Crippen LogP contribution in [0.5, 0.6) is 0 Å². The third-order valence-corrected chi connectivity index (χ3v) is 6.68. The fraction of sp³-hybridized carbons (Fsp3) is 0.333. The summed E-state index contributed by atoms with van der Waals surface area (Å²) in [6.45, 7) is 3.63. The van der Waals surface area contributed by atoms with Crippen LogP contribution in [0.25, 0.3) is 22.6 Å². The van der Waals surface area contributed by atoms with E-state index in [9.17, 15) is 31.1 Å². The van der Waals surface area contributed by atoms with Crippen LogP contribution in [0.3, 0.4) is 0 Å². The molecule has 1 aliphatic rings. The Hall–Kier alpha value is -4.30. The summed E-state index contributed by atoms with van der Waals surface area (Å²) in [6.07, 6.45) is -6.71. The zero-order chi connectivity index (χ0) is 28.3. The third kappa shape index (κ3) is 4.21. The molecule has 1 amide bonds. The van der Waals surface area contributed by atoms with Gasteiger partial charge in [-0.25, -0.2) is 29.0 Å². The minimum Gasteiger partial charge on any atom is -0.383 e. The number of anilines is 2. The van der Waals surface area contributed by atoms with Crippen LogP contribution in [0.15, 0.2) is 30.5 Å². The fourth-order valence-corrected chi connectivity index (χ4v) is 4.50. The Morgan fingerprint density at radius 2 is 1.74 bits per heavy atom. The highest BCUT2D eigenvalue weighted by molar-refractivity contribution is 6.09. The second-order valence-electron chi connectivity index (χ2n) is 9.13. The van der Waals surface area contributed by atoms with Gasteiger partial charge in [-0.05, 0) is 31.5 Å². The molecule has 0 saturated carbocycles. The number of fused-ring (bicyclic) bond motifs is 2. The van der Waals surface area contributed by atoms with E-state index >= 15 is 0 Å². The molecule has 4 heterocycles. The molecular weight excluding hydrogens is 530 g/mol. The van der Waals surface area contributed by atoms with Crippen LogP contribution in [0.2, 0.25) is 0 Å². The number of nitrogens with two attached hydrogens (primary N) is 1. The highest BCUT2D eigenvalue weighted by atomic mass is 19.4. The fourth-order valence-electron chi connectivity index (χ4n) is 4.50. The summed E-state index contributed by atoms with van der Waals surface area (Å²) in [6, 6.07) is 5.27. The zero-order valence-corrected chi connectivity index (χ0v) is 20.4. The van der Waals surface area contributed by atoms with Crippen molar-refractivity contribution in [3.8, 4) is 11.5 Å². The van der Waals surface area contributed by atoms with Gasteiger partial charge in [0.2, 0.25) is 5.91 Å². The van der Waals surface area contributed by atoms with E-state index in [2.05, 4.69) is 30.4 Å². The molecule has 39 heavy (non-hydrogen) atoms. The van der Waals surface area contributed by atoms with Crippen LogP contribution in [0, 0.1) is 5.82 Å². The number of aryl methyl sites for hydroxylation is 2. The lowest BCUT2D eigenvalue weighted by Gasteiger charge is -2.23. The van der Waals surface area contributed by atoms with E-state index in [1.54, 1.807) is 13.8 Å². The Balaban J connectivity index is 1.62. The summed E-state index contributed by atoms with van der Waals surface area (Å²) in [4.78, 5) is 30.1. The van der Waals surface area contributed by atoms with Gasteiger partial charge in [0.25, 0.3) is 0 Å². The highest BCUT2D eigenvalue weighted by Crippen LogP contribution is 2.45. The first-order chi connectivity index (χ1) is 18.3. The monoisotopic (exact) mass is 550 g/mol. The van der Waals surface area contributed by atoms with Gasteiger partial charge < -0.3 is 11.1 Å². The van der Waals surface area contributed by atoms with Gasteiger partial charge in [-0.1, -0.05) is 12.1 Å². The molecule has 15 heteroatoms. The molecule has 0 radical (unpaired) electrons. The lowest BCUT2D eigenvalue weighted by molar-refractivity contribution is -0.284. The molecule has 0 bridgehead atoms. The molecule has 4 aromatic rings. The van der Waals surface area contributed by atoms with Crippen molar-refractivity contribution in [3.63, 3.8) is 0 Å². The smallest absolute Gasteiger partial charge is 0.383 e. The summed E-state index contributed by atoms with van der Waals surface area (Å²) >= 11 is 0. The molecule has 1 unspecified atom stereocenters. The van der Waals surface area contributed by atoms with Gasteiger partial charge in [-0.3, -0.25) is 4.79 Å². The maximum atomic E-state index is 13.6. The van der Waals surface area contributed by atoms with Crippen LogP contribution < -0.4 is 11.1 Å². The molecule has 0 aliphatic carbocycles. The van der Waals surface area contributed by atoms with Gasteiger partial charge in [0.15, 0.2) is 11.5 Å². The number of benzene rings is 1. The van der Waals surface area contributed by atoms with Gasteiger partial charge in [0.1, 0.15) is 34.4 Å². The van der Waals surface area contributed by atoms with Crippen molar-refractivity contribution in [2.45, 2.75) is 50.7 Å². The summed E-state index contributed by atoms with van der Waals surface area (Å²) in [5.41, 5.74) is 5.77. The van der Waals surface area contributed by atoms with Crippen molar-refractivity contribution in [1.82, 2.24) is 29.7 Å². The summed E-state index contributed by atoms with van der Waals surface area (Å²) < 4.78 is 80.3. The second kappa shape index (κ2) is 8.88. The number of nitrogen functional groups attached to an aromatic ring is 1. The van der Waals surface area contributed by atoms with Crippen molar-refractivity contribution in [3.05, 3.63) is 53.2 Å². The Morgan fingerprint density at radius 1 is 1.05 bits per heavy atom. The topological polar surface area (TPSA) is 124 Å². The van der Waals surface area contributed by atoms with Crippen LogP contribution >= 0.6 is 0 Å². The molecule has 1 aromatic carbocycles. The summed E-state index contributed by atoms with van der Waals surface area (Å²) in [5, 5.41) is 7.10. The predicted octanol–water partition coefficient (Wildman–Crippen LogP) is 4.41. The maximum Gasteiger partial charge on any atom is 0.453 e. The number of alkyl halides is 5. The van der Waals surface area contributed by atoms with Gasteiger partial charge in [0.05, 0.1) is 17.1 Å². The minimum atomic E-state index is -5.72. The molecule has 3 N–H and O–H groups in total. The Bertz CT molecular complexity index is 1600. The Labute approximate surface area is 216 Å². The van der Waals surface area contributed by atoms with Crippen molar-refractivity contribution >= 4 is 28.6 Å². The molecule has 1 aliphatic heterocycles. The zero-order valence-electron chi connectivity index (χ0n) is 20.4. The molecule has 204 valence electrons. The van der Waals surface area contributed by atoms with Crippen LogP contribution in [0.4, 0.5) is 38.0 Å². The van der Waals surface area contributed by atoms with Crippen LogP contribution in [0.1, 0.15) is 37.2 Å². The van der Waals surface area contributed by atoms with E-state index in [4.69, 9.17) is 5.73 Å². The van der Waals surface area contributed by atoms with Crippen molar-refractivity contribution in [2.24, 2.45) is 0 Å². The van der Waals surface area contributed by atoms with Gasteiger partial charge >= 0.3 is 12.1 Å². The van der Waals surface area contributed by atoms with Gasteiger partial charge in [-0.15, -0.1) is 0 Å². The average molecular weight is 550 g/mol. The third-order valence-electron chi connectivity index (χ3n) is 6.68. The highest BCUT2D eigenvalue weighted by Gasteiger charge is 2.56. The summed E-state index contributed by atoms with van der Waals surface area (Å²) in [5.74, 6) is -6.43. The number of nitrogens with one attached hydrogen (secondary N) is 1. The number of amides is 1. The molecule has 0 saturated heterocycles. The maximum absolute atomic E-state index is 13.6. The molecule has 0 fully saturated rings. The normalized spacial score (nSPS) is 17.5. The van der Waals surface area contributed by atoms with Gasteiger partial charge in [0, 0.05) is 19.4 Å². The van der Waals surface area contributed by atoms with Crippen LogP contribution in [-0.2, 0) is 23.2 Å². The minimum absolute atomic E-state index is 0.0100. The van der Waals surface area contributed by atoms with E-state index in [1.165, 1.54) is 35.1 Å². The Kier molecular flexibility index (Phi) is 5.99. The molecule has 5 rings (SSSR count). The van der Waals surface area contributed by atoms with Crippen molar-refractivity contribution < 1.29 is 31.1 Å².